The van der Waals surface area contributed by atoms with Gasteiger partial charge in [0.1, 0.15) is 5.82 Å². The van der Waals surface area contributed by atoms with Crippen molar-refractivity contribution in [1.82, 2.24) is 9.80 Å². The summed E-state index contributed by atoms with van der Waals surface area (Å²) in [4.78, 5) is 16.0. The van der Waals surface area contributed by atoms with Crippen LogP contribution in [0.4, 0.5) is 14.9 Å². The van der Waals surface area contributed by atoms with Crippen molar-refractivity contribution in [2.45, 2.75) is 6.54 Å². The number of hydrogen-bond donors (Lipinski definition) is 1. The van der Waals surface area contributed by atoms with Crippen molar-refractivity contribution in [3.8, 4) is 0 Å². The van der Waals surface area contributed by atoms with Crippen molar-refractivity contribution in [1.29, 1.82) is 0 Å². The molecule has 0 bridgehead atoms. The highest BCUT2D eigenvalue weighted by molar-refractivity contribution is 6.30. The molecule has 2 amide bonds. The highest BCUT2D eigenvalue weighted by Crippen LogP contribution is 2.16. The molecule has 2 aromatic carbocycles. The Morgan fingerprint density at radius 2 is 1.87 bits per heavy atom. The van der Waals surface area contributed by atoms with Gasteiger partial charge >= 0.3 is 6.03 Å². The predicted octanol–water partition coefficient (Wildman–Crippen LogP) is 3.79. The van der Waals surface area contributed by atoms with Crippen molar-refractivity contribution < 1.29 is 9.18 Å². The van der Waals surface area contributed by atoms with Crippen molar-refractivity contribution >= 4 is 23.3 Å². The topological polar surface area (TPSA) is 35.6 Å². The summed E-state index contributed by atoms with van der Waals surface area (Å²) in [5, 5.41) is 3.46. The minimum absolute atomic E-state index is 0.164. The Hall–Kier alpha value is -2.11. The van der Waals surface area contributed by atoms with Gasteiger partial charge in [0, 0.05) is 35.9 Å². The highest BCUT2D eigenvalue weighted by Gasteiger charge is 2.24. The fourth-order valence-corrected chi connectivity index (χ4v) is 2.67. The standard InChI is InChI=1S/C17H17ClFN3O/c18-14-5-7-15(8-6-14)20-17(23)22-10-9-21(12-22)11-13-3-1-2-4-16(13)19/h1-8H,9-12H2,(H,20,23). The van der Waals surface area contributed by atoms with E-state index in [0.717, 1.165) is 6.54 Å². The molecule has 0 saturated carbocycles. The quantitative estimate of drug-likeness (QED) is 0.927. The number of amides is 2. The summed E-state index contributed by atoms with van der Waals surface area (Å²) < 4.78 is 13.7. The van der Waals surface area contributed by atoms with Gasteiger partial charge in [-0.15, -0.1) is 0 Å². The van der Waals surface area contributed by atoms with Crippen LogP contribution in [0, 0.1) is 5.82 Å². The number of halogens is 2. The van der Waals surface area contributed by atoms with E-state index in [9.17, 15) is 9.18 Å². The molecule has 4 nitrogen and oxygen atoms in total. The molecule has 0 spiro atoms. The fourth-order valence-electron chi connectivity index (χ4n) is 2.54. The number of nitrogens with zero attached hydrogens (tertiary/aromatic N) is 2. The molecule has 23 heavy (non-hydrogen) atoms. The zero-order chi connectivity index (χ0) is 16.2. The maximum Gasteiger partial charge on any atom is 0.322 e. The molecule has 1 fully saturated rings. The Morgan fingerprint density at radius 3 is 2.61 bits per heavy atom. The third-order valence-corrected chi connectivity index (χ3v) is 4.04. The van der Waals surface area contributed by atoms with E-state index in [-0.39, 0.29) is 11.8 Å². The third kappa shape index (κ3) is 4.00. The molecule has 0 atom stereocenters. The van der Waals surface area contributed by atoms with Gasteiger partial charge in [0.15, 0.2) is 0 Å². The van der Waals surface area contributed by atoms with E-state index < -0.39 is 0 Å². The van der Waals surface area contributed by atoms with Gasteiger partial charge in [-0.05, 0) is 30.3 Å². The van der Waals surface area contributed by atoms with Crippen molar-refractivity contribution in [3.05, 3.63) is 64.9 Å². The van der Waals surface area contributed by atoms with E-state index in [1.165, 1.54) is 6.07 Å². The molecule has 1 aliphatic rings. The summed E-state index contributed by atoms with van der Waals surface area (Å²) in [5.74, 6) is -0.212. The molecule has 0 aromatic heterocycles. The minimum Gasteiger partial charge on any atom is -0.310 e. The Kier molecular flexibility index (Phi) is 4.79. The Morgan fingerprint density at radius 1 is 1.13 bits per heavy atom. The van der Waals surface area contributed by atoms with Crippen LogP contribution < -0.4 is 5.32 Å². The van der Waals surface area contributed by atoms with Crippen LogP contribution in [-0.4, -0.2) is 35.6 Å². The van der Waals surface area contributed by atoms with Gasteiger partial charge in [0.05, 0.1) is 6.67 Å². The van der Waals surface area contributed by atoms with Crippen LogP contribution in [0.2, 0.25) is 5.02 Å². The summed E-state index contributed by atoms with van der Waals surface area (Å²) in [7, 11) is 0. The average Bonchev–Trinajstić information content (AvgIpc) is 3.01. The zero-order valence-electron chi connectivity index (χ0n) is 12.5. The molecular formula is C17H17ClFN3O. The number of anilines is 1. The molecule has 0 radical (unpaired) electrons. The van der Waals surface area contributed by atoms with Crippen LogP contribution >= 0.6 is 11.6 Å². The van der Waals surface area contributed by atoms with Gasteiger partial charge in [-0.25, -0.2) is 9.18 Å². The van der Waals surface area contributed by atoms with E-state index in [4.69, 9.17) is 11.6 Å². The summed E-state index contributed by atoms with van der Waals surface area (Å²) in [6.45, 7) is 2.32. The van der Waals surface area contributed by atoms with Crippen molar-refractivity contribution in [3.63, 3.8) is 0 Å². The van der Waals surface area contributed by atoms with Crippen LogP contribution in [0.3, 0.4) is 0 Å². The molecule has 120 valence electrons. The minimum atomic E-state index is -0.212. The largest absolute Gasteiger partial charge is 0.322 e. The van der Waals surface area contributed by atoms with Gasteiger partial charge < -0.3 is 10.2 Å². The first-order valence-corrected chi connectivity index (χ1v) is 7.77. The summed E-state index contributed by atoms with van der Waals surface area (Å²) in [5.41, 5.74) is 1.35. The predicted molar refractivity (Wildman–Crippen MR) is 88.9 cm³/mol. The first-order chi connectivity index (χ1) is 11.1. The lowest BCUT2D eigenvalue weighted by atomic mass is 10.2. The normalized spacial score (nSPS) is 15.0. The second kappa shape index (κ2) is 6.98. The van der Waals surface area contributed by atoms with Gasteiger partial charge in [0.25, 0.3) is 0 Å². The highest BCUT2D eigenvalue weighted by atomic mass is 35.5. The zero-order valence-corrected chi connectivity index (χ0v) is 13.3. The number of nitrogens with one attached hydrogen (secondary N) is 1. The summed E-state index contributed by atoms with van der Waals surface area (Å²) in [6, 6.07) is 13.5. The van der Waals surface area contributed by atoms with Gasteiger partial charge in [0.2, 0.25) is 0 Å². The molecular weight excluding hydrogens is 317 g/mol. The smallest absolute Gasteiger partial charge is 0.310 e. The van der Waals surface area contributed by atoms with E-state index in [1.54, 1.807) is 41.3 Å². The fraction of sp³-hybridized carbons (Fsp3) is 0.235. The van der Waals surface area contributed by atoms with Crippen molar-refractivity contribution in [2.75, 3.05) is 25.1 Å². The first kappa shape index (κ1) is 15.8. The second-order valence-corrected chi connectivity index (χ2v) is 5.92. The monoisotopic (exact) mass is 333 g/mol. The Labute approximate surface area is 139 Å². The Bertz CT molecular complexity index is 692. The number of urea groups is 1. The molecule has 6 heteroatoms. The molecule has 3 rings (SSSR count). The number of hydrogen-bond acceptors (Lipinski definition) is 2. The summed E-state index contributed by atoms with van der Waals surface area (Å²) >= 11 is 5.82. The molecule has 1 N–H and O–H groups in total. The molecule has 0 unspecified atom stereocenters. The molecule has 1 heterocycles. The van der Waals surface area contributed by atoms with E-state index in [2.05, 4.69) is 5.32 Å². The van der Waals surface area contributed by atoms with Crippen LogP contribution in [-0.2, 0) is 6.54 Å². The van der Waals surface area contributed by atoms with Crippen LogP contribution in [0.25, 0.3) is 0 Å². The van der Waals surface area contributed by atoms with Gasteiger partial charge in [-0.3, -0.25) is 4.90 Å². The van der Waals surface area contributed by atoms with Gasteiger partial charge in [-0.1, -0.05) is 29.8 Å². The van der Waals surface area contributed by atoms with E-state index in [0.29, 0.717) is 36.0 Å². The lowest BCUT2D eigenvalue weighted by Gasteiger charge is -2.19. The molecule has 0 aliphatic carbocycles. The molecule has 2 aromatic rings. The molecule has 1 aliphatic heterocycles. The molecule has 1 saturated heterocycles. The van der Waals surface area contributed by atoms with Crippen molar-refractivity contribution in [2.24, 2.45) is 0 Å². The lowest BCUT2D eigenvalue weighted by Crippen LogP contribution is -2.34. The van der Waals surface area contributed by atoms with Crippen LogP contribution in [0.1, 0.15) is 5.56 Å². The summed E-state index contributed by atoms with van der Waals surface area (Å²) in [6.07, 6.45) is 0. The number of carbonyl (C=O) groups excluding carboxylic acids is 1. The van der Waals surface area contributed by atoms with Crippen LogP contribution in [0.15, 0.2) is 48.5 Å². The first-order valence-electron chi connectivity index (χ1n) is 7.39. The maximum absolute atomic E-state index is 13.7. The third-order valence-electron chi connectivity index (χ3n) is 3.79. The van der Waals surface area contributed by atoms with E-state index >= 15 is 0 Å². The SMILES string of the molecule is O=C(Nc1ccc(Cl)cc1)N1CCN(Cc2ccccc2F)C1. The van der Waals surface area contributed by atoms with E-state index in [1.807, 2.05) is 11.0 Å². The number of rotatable bonds is 3. The lowest BCUT2D eigenvalue weighted by molar-refractivity contribution is 0.207. The number of benzene rings is 2. The second-order valence-electron chi connectivity index (χ2n) is 5.49. The average molecular weight is 334 g/mol. The number of carbonyl (C=O) groups is 1. The van der Waals surface area contributed by atoms with Gasteiger partial charge in [-0.2, -0.15) is 0 Å². The Balaban J connectivity index is 1.55. The maximum atomic E-state index is 13.7. The van der Waals surface area contributed by atoms with Crippen LogP contribution in [0.5, 0.6) is 0 Å².